The number of aliphatic carboxylic acids is 2. The van der Waals surface area contributed by atoms with Crippen LogP contribution in [0.5, 0.6) is 0 Å². The van der Waals surface area contributed by atoms with E-state index in [1.165, 1.54) is 38.4 Å². The number of aromatic nitrogens is 2. The van der Waals surface area contributed by atoms with Gasteiger partial charge in [0.2, 0.25) is 0 Å². The number of aldehydes is 1. The van der Waals surface area contributed by atoms with E-state index in [2.05, 4.69) is 19.6 Å². The van der Waals surface area contributed by atoms with Gasteiger partial charge in [-0.05, 0) is 60.8 Å². The molecule has 7 rings (SSSR count). The van der Waals surface area contributed by atoms with E-state index in [1.807, 2.05) is 128 Å². The molecule has 53 heavy (non-hydrogen) atoms. The molecule has 0 aliphatic carbocycles. The highest BCUT2D eigenvalue weighted by atomic mass is 16.4. The van der Waals surface area contributed by atoms with Crippen LogP contribution in [0, 0.1) is 13.1 Å². The fraction of sp³-hybridized carbons (Fsp3) is 0.186. The smallest absolute Gasteiger partial charge is 0.384 e. The van der Waals surface area contributed by atoms with Gasteiger partial charge in [0, 0.05) is 41.5 Å². The summed E-state index contributed by atoms with van der Waals surface area (Å²) in [5.74, 6) is -2.28. The second-order valence-electron chi connectivity index (χ2n) is 12.0. The minimum atomic E-state index is -1.22. The van der Waals surface area contributed by atoms with Gasteiger partial charge < -0.3 is 29.5 Å². The van der Waals surface area contributed by atoms with Crippen molar-refractivity contribution in [3.05, 3.63) is 149 Å². The first-order chi connectivity index (χ1) is 25.7. The van der Waals surface area contributed by atoms with Crippen LogP contribution in [0.1, 0.15) is 35.2 Å². The van der Waals surface area contributed by atoms with Crippen molar-refractivity contribution in [3.8, 4) is 22.5 Å². The monoisotopic (exact) mass is 707 g/mol. The number of carboxylic acid groups (broad SMARTS) is 2. The van der Waals surface area contributed by atoms with E-state index in [-0.39, 0.29) is 5.70 Å². The molecule has 0 atom stereocenters. The molecule has 10 heteroatoms. The summed E-state index contributed by atoms with van der Waals surface area (Å²) < 4.78 is 4.11. The van der Waals surface area contributed by atoms with E-state index < -0.39 is 18.5 Å². The number of carboxylic acids is 2. The van der Waals surface area contributed by atoms with Crippen molar-refractivity contribution in [3.63, 3.8) is 0 Å². The predicted molar refractivity (Wildman–Crippen MR) is 210 cm³/mol. The van der Waals surface area contributed by atoms with Gasteiger partial charge in [0.15, 0.2) is 6.29 Å². The lowest BCUT2D eigenvalue weighted by Gasteiger charge is -2.08. The van der Waals surface area contributed by atoms with Gasteiger partial charge in [0.1, 0.15) is 0 Å². The third-order valence-corrected chi connectivity index (χ3v) is 8.55. The summed E-state index contributed by atoms with van der Waals surface area (Å²) in [6.07, 6.45) is 6.62. The molecule has 4 aromatic carbocycles. The van der Waals surface area contributed by atoms with E-state index in [0.29, 0.717) is 0 Å². The molecule has 0 unspecified atom stereocenters. The Morgan fingerprint density at radius 3 is 1.51 bits per heavy atom. The van der Waals surface area contributed by atoms with E-state index >= 15 is 0 Å². The Bertz CT molecular complexity index is 2280. The molecule has 0 spiro atoms. The average Bonchev–Trinajstić information content (AvgIpc) is 3.65. The van der Waals surface area contributed by atoms with Gasteiger partial charge in [-0.15, -0.1) is 0 Å². The van der Waals surface area contributed by atoms with Gasteiger partial charge in [-0.2, -0.15) is 0 Å². The van der Waals surface area contributed by atoms with Gasteiger partial charge in [0.05, 0.1) is 18.0 Å². The third kappa shape index (κ3) is 9.95. The minimum Gasteiger partial charge on any atom is -0.486 e. The Hall–Kier alpha value is -6.75. The highest BCUT2D eigenvalue weighted by Gasteiger charge is 2.18. The second-order valence-corrected chi connectivity index (χ2v) is 12.0. The molecule has 1 fully saturated rings. The van der Waals surface area contributed by atoms with Crippen LogP contribution in [0.15, 0.2) is 115 Å². The first-order valence-electron chi connectivity index (χ1n) is 17.0. The zero-order chi connectivity index (χ0) is 38.2. The number of benzene rings is 4. The Morgan fingerprint density at radius 2 is 1.15 bits per heavy atom. The van der Waals surface area contributed by atoms with Crippen LogP contribution in [-0.4, -0.2) is 57.2 Å². The zero-order valence-electron chi connectivity index (χ0n) is 29.7. The van der Waals surface area contributed by atoms with Gasteiger partial charge >= 0.3 is 18.5 Å². The summed E-state index contributed by atoms with van der Waals surface area (Å²) in [6.45, 7) is 15.2. The standard InChI is InChI=1S/C19H14N2O2.C16H13NO.C5H11N.C3H3NO2/c1-20-16(19(22)23)12-15-14-10-6-7-11-17(14)21(2)18(15)13-8-4-3-5-9-13;1-17-15-10-6-5-9-13(15)14(11-18)16(17)12-7-3-2-4-8-12;1-2-4-6-5-3-1;1-4-2-3(5)6/h3-12H,2H3,(H,22,23);2-11H,1H3;6H,1-5H2;2H2,(H,5,6)/b16-12-;;;. The summed E-state index contributed by atoms with van der Waals surface area (Å²) in [5, 5.41) is 22.1. The van der Waals surface area contributed by atoms with Crippen LogP contribution >= 0.6 is 0 Å². The number of para-hydroxylation sites is 2. The normalized spacial score (nSPS) is 12.0. The van der Waals surface area contributed by atoms with Crippen molar-refractivity contribution in [1.82, 2.24) is 14.5 Å². The van der Waals surface area contributed by atoms with Gasteiger partial charge in [-0.3, -0.25) is 9.59 Å². The number of nitrogens with one attached hydrogen (secondary N) is 1. The largest absolute Gasteiger partial charge is 0.486 e. The molecule has 0 saturated carbocycles. The summed E-state index contributed by atoms with van der Waals surface area (Å²) in [7, 11) is 3.94. The van der Waals surface area contributed by atoms with Crippen molar-refractivity contribution in [2.24, 2.45) is 14.1 Å². The first kappa shape index (κ1) is 39.0. The summed E-state index contributed by atoms with van der Waals surface area (Å²) in [4.78, 5) is 37.8. The molecule has 0 amide bonds. The molecule has 3 heterocycles. The van der Waals surface area contributed by atoms with Crippen LogP contribution in [0.2, 0.25) is 0 Å². The molecule has 2 aromatic heterocycles. The third-order valence-electron chi connectivity index (χ3n) is 8.55. The minimum absolute atomic E-state index is 0.293. The van der Waals surface area contributed by atoms with Crippen molar-refractivity contribution in [2.75, 3.05) is 19.6 Å². The highest BCUT2D eigenvalue weighted by molar-refractivity contribution is 6.05. The lowest BCUT2D eigenvalue weighted by atomic mass is 10.0. The number of aryl methyl sites for hydroxylation is 2. The van der Waals surface area contributed by atoms with E-state index in [9.17, 15) is 19.5 Å². The van der Waals surface area contributed by atoms with E-state index in [4.69, 9.17) is 18.3 Å². The Kier molecular flexibility index (Phi) is 14.4. The molecular formula is C43H41N5O5. The molecule has 10 nitrogen and oxygen atoms in total. The van der Waals surface area contributed by atoms with Gasteiger partial charge in [-0.25, -0.2) is 16.2 Å². The fourth-order valence-corrected chi connectivity index (χ4v) is 6.15. The molecule has 0 radical (unpaired) electrons. The van der Waals surface area contributed by atoms with Crippen molar-refractivity contribution >= 4 is 46.1 Å². The number of hydrogen-bond acceptors (Lipinski definition) is 4. The SMILES string of the molecule is C1CCNCC1.Cn1c(-c2ccccc2)c(C=O)c2ccccc21.[C-]#[N+]/C(=C\c1c(-c2ccccc2)n(C)c2ccccc12)C(=O)O.[C-]#[N+]CC(=O)O. The number of hydrogen-bond donors (Lipinski definition) is 3. The maximum Gasteiger partial charge on any atom is 0.384 e. The molecular weight excluding hydrogens is 667 g/mol. The van der Waals surface area contributed by atoms with E-state index in [1.54, 1.807) is 0 Å². The number of fused-ring (bicyclic) bond motifs is 2. The van der Waals surface area contributed by atoms with Crippen LogP contribution < -0.4 is 5.32 Å². The summed E-state index contributed by atoms with van der Waals surface area (Å²) in [5.41, 5.74) is 7.22. The molecule has 1 aliphatic heterocycles. The predicted octanol–water partition coefficient (Wildman–Crippen LogP) is 8.60. The topological polar surface area (TPSA) is 122 Å². The van der Waals surface area contributed by atoms with Crippen molar-refractivity contribution < 1.29 is 24.6 Å². The van der Waals surface area contributed by atoms with Crippen molar-refractivity contribution in [1.29, 1.82) is 0 Å². The lowest BCUT2D eigenvalue weighted by molar-refractivity contribution is -0.135. The van der Waals surface area contributed by atoms with Crippen LogP contribution in [0.4, 0.5) is 0 Å². The van der Waals surface area contributed by atoms with Gasteiger partial charge in [-0.1, -0.05) is 103 Å². The lowest BCUT2D eigenvalue weighted by Crippen LogP contribution is -2.21. The number of nitrogens with zero attached hydrogens (tertiary/aromatic N) is 4. The Labute approximate surface area is 308 Å². The van der Waals surface area contributed by atoms with Crippen LogP contribution in [0.3, 0.4) is 0 Å². The highest BCUT2D eigenvalue weighted by Crippen LogP contribution is 2.35. The molecule has 1 saturated heterocycles. The van der Waals surface area contributed by atoms with Crippen molar-refractivity contribution in [2.45, 2.75) is 19.3 Å². The number of rotatable bonds is 6. The maximum atomic E-state index is 11.4. The van der Waals surface area contributed by atoms with Crippen LogP contribution in [0.25, 0.3) is 60.1 Å². The molecule has 6 aromatic rings. The number of carbonyl (C=O) groups excluding carboxylic acids is 1. The number of piperidine rings is 1. The maximum absolute atomic E-state index is 11.4. The Balaban J connectivity index is 0.000000184. The molecule has 268 valence electrons. The average molecular weight is 708 g/mol. The quantitative estimate of drug-likeness (QED) is 0.0906. The number of carbonyl (C=O) groups is 3. The summed E-state index contributed by atoms with van der Waals surface area (Å²) in [6, 6.07) is 35.5. The molecule has 1 aliphatic rings. The van der Waals surface area contributed by atoms with E-state index in [0.717, 1.165) is 61.7 Å². The molecule has 3 N–H and O–H groups in total. The molecule has 0 bridgehead atoms. The van der Waals surface area contributed by atoms with Crippen LogP contribution in [-0.2, 0) is 23.7 Å². The zero-order valence-corrected chi connectivity index (χ0v) is 29.7. The summed E-state index contributed by atoms with van der Waals surface area (Å²) >= 11 is 0. The first-order valence-corrected chi connectivity index (χ1v) is 17.0. The van der Waals surface area contributed by atoms with Gasteiger partial charge in [0.25, 0.3) is 5.70 Å². The second kappa shape index (κ2) is 19.6. The fourth-order valence-electron chi connectivity index (χ4n) is 6.15. The Morgan fingerprint density at radius 1 is 0.698 bits per heavy atom.